The quantitative estimate of drug-likeness (QED) is 0.791. The molecular weight excluding hydrogens is 226 g/mol. The van der Waals surface area contributed by atoms with Crippen LogP contribution in [0.2, 0.25) is 0 Å². The Morgan fingerprint density at radius 2 is 2.17 bits per heavy atom. The van der Waals surface area contributed by atoms with E-state index in [0.717, 1.165) is 24.3 Å². The SMILES string of the molecule is COc1cc(NCCc2ccccn2)ccc1N. The highest BCUT2D eigenvalue weighted by Crippen LogP contribution is 2.24. The fourth-order valence-corrected chi connectivity index (χ4v) is 1.70. The van der Waals surface area contributed by atoms with E-state index >= 15 is 0 Å². The monoisotopic (exact) mass is 243 g/mol. The molecule has 0 radical (unpaired) electrons. The van der Waals surface area contributed by atoms with Crippen LogP contribution >= 0.6 is 0 Å². The Hall–Kier alpha value is -2.23. The van der Waals surface area contributed by atoms with Crippen LogP contribution < -0.4 is 15.8 Å². The lowest BCUT2D eigenvalue weighted by atomic mass is 10.2. The van der Waals surface area contributed by atoms with E-state index in [4.69, 9.17) is 10.5 Å². The van der Waals surface area contributed by atoms with Crippen LogP contribution in [-0.2, 0) is 6.42 Å². The highest BCUT2D eigenvalue weighted by molar-refractivity contribution is 5.61. The predicted molar refractivity (Wildman–Crippen MR) is 73.8 cm³/mol. The fourth-order valence-electron chi connectivity index (χ4n) is 1.70. The van der Waals surface area contributed by atoms with E-state index < -0.39 is 0 Å². The molecule has 0 spiro atoms. The van der Waals surface area contributed by atoms with Crippen molar-refractivity contribution in [3.63, 3.8) is 0 Å². The van der Waals surface area contributed by atoms with Crippen molar-refractivity contribution in [2.45, 2.75) is 6.42 Å². The average Bonchev–Trinajstić information content (AvgIpc) is 2.42. The second-order valence-electron chi connectivity index (χ2n) is 3.95. The minimum Gasteiger partial charge on any atom is -0.495 e. The molecule has 1 heterocycles. The largest absolute Gasteiger partial charge is 0.495 e. The Kier molecular flexibility index (Phi) is 4.02. The van der Waals surface area contributed by atoms with Crippen molar-refractivity contribution < 1.29 is 4.74 Å². The highest BCUT2D eigenvalue weighted by Gasteiger charge is 2.00. The normalized spacial score (nSPS) is 10.1. The van der Waals surface area contributed by atoms with Gasteiger partial charge in [0.15, 0.2) is 0 Å². The maximum atomic E-state index is 5.76. The second kappa shape index (κ2) is 5.91. The first kappa shape index (κ1) is 12.2. The summed E-state index contributed by atoms with van der Waals surface area (Å²) in [4.78, 5) is 4.27. The Morgan fingerprint density at radius 1 is 1.28 bits per heavy atom. The van der Waals surface area contributed by atoms with Gasteiger partial charge in [-0.1, -0.05) is 6.07 Å². The van der Waals surface area contributed by atoms with Gasteiger partial charge >= 0.3 is 0 Å². The summed E-state index contributed by atoms with van der Waals surface area (Å²) in [6, 6.07) is 11.6. The van der Waals surface area contributed by atoms with Crippen LogP contribution in [0.4, 0.5) is 11.4 Å². The van der Waals surface area contributed by atoms with Gasteiger partial charge in [-0.25, -0.2) is 0 Å². The number of hydrogen-bond acceptors (Lipinski definition) is 4. The number of aromatic nitrogens is 1. The third kappa shape index (κ3) is 3.13. The zero-order chi connectivity index (χ0) is 12.8. The van der Waals surface area contributed by atoms with E-state index in [9.17, 15) is 0 Å². The van der Waals surface area contributed by atoms with Gasteiger partial charge in [0.2, 0.25) is 0 Å². The van der Waals surface area contributed by atoms with Gasteiger partial charge in [0.25, 0.3) is 0 Å². The number of ether oxygens (including phenoxy) is 1. The molecular formula is C14H17N3O. The number of nitrogens with zero attached hydrogens (tertiary/aromatic N) is 1. The van der Waals surface area contributed by atoms with Crippen molar-refractivity contribution in [1.29, 1.82) is 0 Å². The first-order valence-electron chi connectivity index (χ1n) is 5.87. The zero-order valence-corrected chi connectivity index (χ0v) is 10.4. The maximum absolute atomic E-state index is 5.76. The van der Waals surface area contributed by atoms with Crippen molar-refractivity contribution in [2.24, 2.45) is 0 Å². The first-order valence-corrected chi connectivity index (χ1v) is 5.87. The van der Waals surface area contributed by atoms with Gasteiger partial charge in [-0.05, 0) is 24.3 Å². The molecule has 0 fully saturated rings. The molecule has 1 aromatic carbocycles. The number of nitrogens with one attached hydrogen (secondary N) is 1. The van der Waals surface area contributed by atoms with Crippen LogP contribution in [0.3, 0.4) is 0 Å². The molecule has 94 valence electrons. The van der Waals surface area contributed by atoms with Crippen LogP contribution in [0.25, 0.3) is 0 Å². The van der Waals surface area contributed by atoms with Crippen molar-refractivity contribution >= 4 is 11.4 Å². The maximum Gasteiger partial charge on any atom is 0.143 e. The van der Waals surface area contributed by atoms with Gasteiger partial charge < -0.3 is 15.8 Å². The summed E-state index contributed by atoms with van der Waals surface area (Å²) in [7, 11) is 1.61. The van der Waals surface area contributed by atoms with E-state index in [0.29, 0.717) is 11.4 Å². The molecule has 0 saturated heterocycles. The summed E-state index contributed by atoms with van der Waals surface area (Å²) >= 11 is 0. The van der Waals surface area contributed by atoms with Gasteiger partial charge in [-0.3, -0.25) is 4.98 Å². The minimum absolute atomic E-state index is 0.646. The van der Waals surface area contributed by atoms with E-state index in [1.807, 2.05) is 42.6 Å². The second-order valence-corrected chi connectivity index (χ2v) is 3.95. The van der Waals surface area contributed by atoms with Crippen LogP contribution in [0.1, 0.15) is 5.69 Å². The first-order chi connectivity index (χ1) is 8.79. The van der Waals surface area contributed by atoms with Gasteiger partial charge in [0, 0.05) is 36.6 Å². The predicted octanol–water partition coefficient (Wildman–Crippen LogP) is 2.33. The Labute approximate surface area is 107 Å². The molecule has 0 bridgehead atoms. The average molecular weight is 243 g/mol. The van der Waals surface area contributed by atoms with Crippen molar-refractivity contribution in [1.82, 2.24) is 4.98 Å². The van der Waals surface area contributed by atoms with E-state index in [1.54, 1.807) is 7.11 Å². The smallest absolute Gasteiger partial charge is 0.143 e. The number of nitrogens with two attached hydrogens (primary N) is 1. The van der Waals surface area contributed by atoms with Crippen molar-refractivity contribution in [3.8, 4) is 5.75 Å². The summed E-state index contributed by atoms with van der Waals surface area (Å²) in [5.41, 5.74) is 8.48. The van der Waals surface area contributed by atoms with Gasteiger partial charge in [0.05, 0.1) is 12.8 Å². The molecule has 0 unspecified atom stereocenters. The van der Waals surface area contributed by atoms with E-state index in [1.165, 1.54) is 0 Å². The highest BCUT2D eigenvalue weighted by atomic mass is 16.5. The van der Waals surface area contributed by atoms with Gasteiger partial charge in [0.1, 0.15) is 5.75 Å². The van der Waals surface area contributed by atoms with E-state index in [-0.39, 0.29) is 0 Å². The molecule has 2 aromatic rings. The Morgan fingerprint density at radius 3 is 2.89 bits per heavy atom. The van der Waals surface area contributed by atoms with Gasteiger partial charge in [-0.2, -0.15) is 0 Å². The molecule has 3 N–H and O–H groups in total. The fraction of sp³-hybridized carbons (Fsp3) is 0.214. The third-order valence-corrected chi connectivity index (χ3v) is 2.67. The van der Waals surface area contributed by atoms with Gasteiger partial charge in [-0.15, -0.1) is 0 Å². The van der Waals surface area contributed by atoms with Crippen LogP contribution in [0, 0.1) is 0 Å². The number of rotatable bonds is 5. The Bertz CT molecular complexity index is 500. The van der Waals surface area contributed by atoms with Crippen LogP contribution in [0.15, 0.2) is 42.6 Å². The van der Waals surface area contributed by atoms with E-state index in [2.05, 4.69) is 10.3 Å². The lowest BCUT2D eigenvalue weighted by molar-refractivity contribution is 0.417. The number of anilines is 2. The number of hydrogen-bond donors (Lipinski definition) is 2. The number of benzene rings is 1. The molecule has 0 amide bonds. The molecule has 0 aliphatic rings. The summed E-state index contributed by atoms with van der Waals surface area (Å²) in [6.45, 7) is 0.823. The van der Waals surface area contributed by atoms with Crippen molar-refractivity contribution in [2.75, 3.05) is 24.7 Å². The van der Waals surface area contributed by atoms with Crippen LogP contribution in [-0.4, -0.2) is 18.6 Å². The minimum atomic E-state index is 0.646. The number of nitrogen functional groups attached to an aromatic ring is 1. The molecule has 1 aromatic heterocycles. The number of methoxy groups -OCH3 is 1. The lowest BCUT2D eigenvalue weighted by Crippen LogP contribution is -2.06. The molecule has 0 aliphatic heterocycles. The lowest BCUT2D eigenvalue weighted by Gasteiger charge is -2.09. The molecule has 0 atom stereocenters. The zero-order valence-electron chi connectivity index (χ0n) is 10.4. The van der Waals surface area contributed by atoms with Crippen LogP contribution in [0.5, 0.6) is 5.75 Å². The summed E-state index contributed by atoms with van der Waals surface area (Å²) in [5, 5.41) is 3.32. The number of pyridine rings is 1. The summed E-state index contributed by atoms with van der Waals surface area (Å²) < 4.78 is 5.17. The summed E-state index contributed by atoms with van der Waals surface area (Å²) in [5.74, 6) is 0.692. The van der Waals surface area contributed by atoms with Crippen molar-refractivity contribution in [3.05, 3.63) is 48.3 Å². The topological polar surface area (TPSA) is 60.2 Å². The molecule has 0 saturated carbocycles. The molecule has 0 aliphatic carbocycles. The molecule has 4 heteroatoms. The third-order valence-electron chi connectivity index (χ3n) is 2.67. The molecule has 2 rings (SSSR count). The molecule has 4 nitrogen and oxygen atoms in total. The Balaban J connectivity index is 1.91. The standard InChI is InChI=1S/C14H17N3O/c1-18-14-10-12(5-6-13(14)15)17-9-7-11-4-2-3-8-16-11/h2-6,8,10,17H,7,9,15H2,1H3. The molecule has 18 heavy (non-hydrogen) atoms. The summed E-state index contributed by atoms with van der Waals surface area (Å²) in [6.07, 6.45) is 2.69.